The zero-order valence-electron chi connectivity index (χ0n) is 12.0. The van der Waals surface area contributed by atoms with E-state index in [0.29, 0.717) is 12.1 Å². The number of nitrogens with zero attached hydrogens (tertiary/aromatic N) is 3. The van der Waals surface area contributed by atoms with Crippen molar-refractivity contribution in [3.63, 3.8) is 0 Å². The van der Waals surface area contributed by atoms with Gasteiger partial charge >= 0.3 is 0 Å². The minimum atomic E-state index is 0.378. The molecule has 0 saturated carbocycles. The number of piperidine rings is 1. The van der Waals surface area contributed by atoms with Crippen molar-refractivity contribution in [1.82, 2.24) is 9.97 Å². The number of benzene rings is 1. The molecule has 0 atom stereocenters. The van der Waals surface area contributed by atoms with Crippen molar-refractivity contribution in [3.8, 4) is 0 Å². The molecule has 0 unspecified atom stereocenters. The Balaban J connectivity index is 1.98. The number of anilines is 2. The van der Waals surface area contributed by atoms with E-state index in [1.807, 2.05) is 25.2 Å². The Kier molecular flexibility index (Phi) is 3.69. The standard InChI is InChI=1S/C15H20N4O/c1-16-15-17-13-6-4-3-5-12(13)14(18-15)19-9-7-11(20-2)8-10-19/h3-6,11H,7-10H2,1-2H3,(H,16,17,18). The summed E-state index contributed by atoms with van der Waals surface area (Å²) in [6.45, 7) is 1.95. The fourth-order valence-corrected chi connectivity index (χ4v) is 2.72. The van der Waals surface area contributed by atoms with E-state index in [4.69, 9.17) is 4.74 Å². The van der Waals surface area contributed by atoms with Crippen LogP contribution in [0, 0.1) is 0 Å². The number of rotatable bonds is 3. The van der Waals surface area contributed by atoms with E-state index in [0.717, 1.165) is 42.7 Å². The van der Waals surface area contributed by atoms with E-state index >= 15 is 0 Å². The largest absolute Gasteiger partial charge is 0.381 e. The first-order valence-corrected chi connectivity index (χ1v) is 7.04. The molecule has 1 aliphatic heterocycles. The lowest BCUT2D eigenvalue weighted by atomic mass is 10.1. The van der Waals surface area contributed by atoms with Crippen molar-refractivity contribution in [2.24, 2.45) is 0 Å². The molecule has 0 radical (unpaired) electrons. The van der Waals surface area contributed by atoms with Crippen LogP contribution in [-0.2, 0) is 4.74 Å². The van der Waals surface area contributed by atoms with Crippen molar-refractivity contribution in [2.45, 2.75) is 18.9 Å². The molecule has 20 heavy (non-hydrogen) atoms. The summed E-state index contributed by atoms with van der Waals surface area (Å²) in [5, 5.41) is 4.16. The number of hydrogen-bond donors (Lipinski definition) is 1. The molecule has 0 bridgehead atoms. The maximum absolute atomic E-state index is 5.44. The zero-order valence-corrected chi connectivity index (χ0v) is 12.0. The minimum Gasteiger partial charge on any atom is -0.381 e. The topological polar surface area (TPSA) is 50.3 Å². The first-order valence-electron chi connectivity index (χ1n) is 7.04. The third-order valence-corrected chi connectivity index (χ3v) is 3.88. The highest BCUT2D eigenvalue weighted by atomic mass is 16.5. The summed E-state index contributed by atoms with van der Waals surface area (Å²) in [5.41, 5.74) is 0.982. The number of ether oxygens (including phenoxy) is 1. The van der Waals surface area contributed by atoms with Crippen LogP contribution in [0.3, 0.4) is 0 Å². The van der Waals surface area contributed by atoms with E-state index in [2.05, 4.69) is 26.3 Å². The Labute approximate surface area is 119 Å². The number of hydrogen-bond acceptors (Lipinski definition) is 5. The number of aromatic nitrogens is 2. The second-order valence-electron chi connectivity index (χ2n) is 5.06. The van der Waals surface area contributed by atoms with Crippen molar-refractivity contribution >= 4 is 22.7 Å². The van der Waals surface area contributed by atoms with Gasteiger partial charge in [-0.05, 0) is 25.0 Å². The van der Waals surface area contributed by atoms with Crippen LogP contribution in [0.15, 0.2) is 24.3 Å². The monoisotopic (exact) mass is 272 g/mol. The molecule has 1 N–H and O–H groups in total. The predicted molar refractivity (Wildman–Crippen MR) is 81.3 cm³/mol. The van der Waals surface area contributed by atoms with Gasteiger partial charge in [0.05, 0.1) is 11.6 Å². The molecule has 3 rings (SSSR count). The number of para-hydroxylation sites is 1. The minimum absolute atomic E-state index is 0.378. The third-order valence-electron chi connectivity index (χ3n) is 3.88. The molecule has 2 aromatic rings. The highest BCUT2D eigenvalue weighted by molar-refractivity contribution is 5.90. The van der Waals surface area contributed by atoms with Crippen molar-refractivity contribution in [3.05, 3.63) is 24.3 Å². The Morgan fingerprint density at radius 3 is 2.65 bits per heavy atom. The lowest BCUT2D eigenvalue weighted by Crippen LogP contribution is -2.37. The summed E-state index contributed by atoms with van der Waals surface area (Å²) < 4.78 is 5.44. The van der Waals surface area contributed by atoms with Gasteiger partial charge in [0.2, 0.25) is 5.95 Å². The molecule has 2 heterocycles. The van der Waals surface area contributed by atoms with Gasteiger partial charge in [0, 0.05) is 32.6 Å². The molecule has 1 saturated heterocycles. The number of methoxy groups -OCH3 is 1. The summed E-state index contributed by atoms with van der Waals surface area (Å²) in [6.07, 6.45) is 2.47. The summed E-state index contributed by atoms with van der Waals surface area (Å²) in [5.74, 6) is 1.70. The second-order valence-corrected chi connectivity index (χ2v) is 5.06. The quantitative estimate of drug-likeness (QED) is 0.929. The van der Waals surface area contributed by atoms with Crippen LogP contribution in [0.5, 0.6) is 0 Å². The van der Waals surface area contributed by atoms with E-state index < -0.39 is 0 Å². The van der Waals surface area contributed by atoms with Gasteiger partial charge in [-0.2, -0.15) is 4.98 Å². The third kappa shape index (κ3) is 2.41. The zero-order chi connectivity index (χ0) is 13.9. The fourth-order valence-electron chi connectivity index (χ4n) is 2.72. The van der Waals surface area contributed by atoms with Crippen molar-refractivity contribution in [1.29, 1.82) is 0 Å². The molecule has 0 aliphatic carbocycles. The van der Waals surface area contributed by atoms with Crippen LogP contribution < -0.4 is 10.2 Å². The maximum atomic E-state index is 5.44. The Hall–Kier alpha value is -1.88. The van der Waals surface area contributed by atoms with Gasteiger partial charge in [0.1, 0.15) is 5.82 Å². The van der Waals surface area contributed by atoms with E-state index in [1.54, 1.807) is 7.11 Å². The molecule has 0 amide bonds. The summed E-state index contributed by atoms with van der Waals surface area (Å²) in [7, 11) is 3.64. The van der Waals surface area contributed by atoms with Crippen LogP contribution in [0.2, 0.25) is 0 Å². The molecule has 5 nitrogen and oxygen atoms in total. The van der Waals surface area contributed by atoms with E-state index in [1.165, 1.54) is 0 Å². The van der Waals surface area contributed by atoms with Crippen molar-refractivity contribution < 1.29 is 4.74 Å². The molecular weight excluding hydrogens is 252 g/mol. The van der Waals surface area contributed by atoms with Gasteiger partial charge in [-0.1, -0.05) is 12.1 Å². The average molecular weight is 272 g/mol. The van der Waals surface area contributed by atoms with Gasteiger partial charge in [-0.3, -0.25) is 0 Å². The summed E-state index contributed by atoms with van der Waals surface area (Å²) >= 11 is 0. The first kappa shape index (κ1) is 13.1. The van der Waals surface area contributed by atoms with Crippen LogP contribution in [-0.4, -0.2) is 43.3 Å². The molecule has 1 aromatic heterocycles. The lowest BCUT2D eigenvalue weighted by molar-refractivity contribution is 0.0818. The number of nitrogens with one attached hydrogen (secondary N) is 1. The van der Waals surface area contributed by atoms with Gasteiger partial charge in [-0.25, -0.2) is 4.98 Å². The van der Waals surface area contributed by atoms with Crippen LogP contribution in [0.1, 0.15) is 12.8 Å². The number of fused-ring (bicyclic) bond motifs is 1. The SMILES string of the molecule is CNc1nc(N2CCC(OC)CC2)c2ccccc2n1. The van der Waals surface area contributed by atoms with Crippen LogP contribution in [0.4, 0.5) is 11.8 Å². The van der Waals surface area contributed by atoms with Gasteiger partial charge < -0.3 is 15.0 Å². The molecule has 0 spiro atoms. The van der Waals surface area contributed by atoms with Gasteiger partial charge in [0.25, 0.3) is 0 Å². The molecule has 1 aliphatic rings. The van der Waals surface area contributed by atoms with Crippen LogP contribution >= 0.6 is 0 Å². The maximum Gasteiger partial charge on any atom is 0.224 e. The molecule has 1 aromatic carbocycles. The normalized spacial score (nSPS) is 16.6. The highest BCUT2D eigenvalue weighted by Gasteiger charge is 2.21. The lowest BCUT2D eigenvalue weighted by Gasteiger charge is -2.32. The summed E-state index contributed by atoms with van der Waals surface area (Å²) in [4.78, 5) is 11.5. The molecule has 1 fully saturated rings. The predicted octanol–water partition coefficient (Wildman–Crippen LogP) is 2.29. The van der Waals surface area contributed by atoms with Crippen molar-refractivity contribution in [2.75, 3.05) is 37.5 Å². The highest BCUT2D eigenvalue weighted by Crippen LogP contribution is 2.27. The summed E-state index contributed by atoms with van der Waals surface area (Å²) in [6, 6.07) is 8.17. The first-order chi connectivity index (χ1) is 9.81. The van der Waals surface area contributed by atoms with Crippen LogP contribution in [0.25, 0.3) is 10.9 Å². The Morgan fingerprint density at radius 1 is 1.20 bits per heavy atom. The van der Waals surface area contributed by atoms with E-state index in [9.17, 15) is 0 Å². The molecule has 106 valence electrons. The molecular formula is C15H20N4O. The van der Waals surface area contributed by atoms with E-state index in [-0.39, 0.29) is 0 Å². The average Bonchev–Trinajstić information content (AvgIpc) is 2.54. The fraction of sp³-hybridized carbons (Fsp3) is 0.467. The Bertz CT molecular complexity index is 593. The van der Waals surface area contributed by atoms with Gasteiger partial charge in [-0.15, -0.1) is 0 Å². The smallest absolute Gasteiger partial charge is 0.224 e. The second kappa shape index (κ2) is 5.63. The molecule has 5 heteroatoms. The Morgan fingerprint density at radius 2 is 1.95 bits per heavy atom. The van der Waals surface area contributed by atoms with Gasteiger partial charge in [0.15, 0.2) is 0 Å².